The fourth-order valence-electron chi connectivity index (χ4n) is 1.78. The van der Waals surface area contributed by atoms with E-state index in [-0.39, 0.29) is 11.6 Å². The molecule has 0 aliphatic rings. The van der Waals surface area contributed by atoms with Crippen molar-refractivity contribution in [1.29, 1.82) is 0 Å². The summed E-state index contributed by atoms with van der Waals surface area (Å²) in [6.07, 6.45) is -0.480. The molecule has 1 unspecified atom stereocenters. The second-order valence-electron chi connectivity index (χ2n) is 6.12. The first-order chi connectivity index (χ1) is 8.78. The summed E-state index contributed by atoms with van der Waals surface area (Å²) in [4.78, 5) is 0. The molecule has 0 saturated heterocycles. The molecular formula is C16H27NO2. The van der Waals surface area contributed by atoms with Crippen molar-refractivity contribution in [2.24, 2.45) is 0 Å². The normalized spacial score (nSPS) is 15.3. The lowest BCUT2D eigenvalue weighted by molar-refractivity contribution is -0.0482. The van der Waals surface area contributed by atoms with Crippen molar-refractivity contribution in [3.05, 3.63) is 35.4 Å². The molecule has 3 heteroatoms. The number of aliphatic hydroxyl groups excluding tert-OH is 1. The second kappa shape index (κ2) is 7.04. The molecule has 0 aliphatic carbocycles. The lowest BCUT2D eigenvalue weighted by Crippen LogP contribution is -2.34. The highest BCUT2D eigenvalue weighted by Crippen LogP contribution is 2.13. The fraction of sp³-hybridized carbons (Fsp3) is 0.625. The monoisotopic (exact) mass is 265 g/mol. The highest BCUT2D eigenvalue weighted by Gasteiger charge is 2.14. The Kier molecular flexibility index (Phi) is 5.98. The molecule has 1 aromatic rings. The van der Waals surface area contributed by atoms with Crippen LogP contribution in [0.4, 0.5) is 0 Å². The van der Waals surface area contributed by atoms with E-state index in [9.17, 15) is 5.11 Å². The Morgan fingerprint density at radius 3 is 2.58 bits per heavy atom. The van der Waals surface area contributed by atoms with E-state index >= 15 is 0 Å². The molecular weight excluding hydrogens is 238 g/mol. The van der Waals surface area contributed by atoms with E-state index in [4.69, 9.17) is 4.74 Å². The van der Waals surface area contributed by atoms with Crippen LogP contribution in [0, 0.1) is 6.92 Å². The van der Waals surface area contributed by atoms with Gasteiger partial charge in [-0.3, -0.25) is 0 Å². The van der Waals surface area contributed by atoms with E-state index in [1.165, 1.54) is 11.1 Å². The summed E-state index contributed by atoms with van der Waals surface area (Å²) in [6.45, 7) is 11.0. The minimum atomic E-state index is -0.480. The quantitative estimate of drug-likeness (QED) is 0.831. The van der Waals surface area contributed by atoms with Crippen molar-refractivity contribution < 1.29 is 9.84 Å². The summed E-state index contributed by atoms with van der Waals surface area (Å²) in [5.74, 6) is 0. The van der Waals surface area contributed by atoms with Gasteiger partial charge in [0.1, 0.15) is 0 Å². The van der Waals surface area contributed by atoms with Crippen LogP contribution in [-0.4, -0.2) is 30.0 Å². The molecule has 108 valence electrons. The maximum Gasteiger partial charge on any atom is 0.0898 e. The van der Waals surface area contributed by atoms with Crippen molar-refractivity contribution in [2.75, 3.05) is 13.2 Å². The highest BCUT2D eigenvalue weighted by atomic mass is 16.5. The van der Waals surface area contributed by atoms with Crippen LogP contribution in [0.2, 0.25) is 0 Å². The van der Waals surface area contributed by atoms with Crippen LogP contribution in [0.15, 0.2) is 24.3 Å². The van der Waals surface area contributed by atoms with Gasteiger partial charge in [0.25, 0.3) is 0 Å². The number of benzene rings is 1. The van der Waals surface area contributed by atoms with Crippen molar-refractivity contribution in [3.8, 4) is 0 Å². The van der Waals surface area contributed by atoms with E-state index in [0.717, 1.165) is 0 Å². The van der Waals surface area contributed by atoms with Crippen molar-refractivity contribution in [3.63, 3.8) is 0 Å². The third-order valence-electron chi connectivity index (χ3n) is 2.91. The van der Waals surface area contributed by atoms with Crippen molar-refractivity contribution in [1.82, 2.24) is 5.32 Å². The standard InChI is InChI=1S/C16H27NO2/c1-12-7-6-8-14(9-12)13(2)17-10-15(18)11-19-16(3,4)5/h6-9,13,15,17-18H,10-11H2,1-5H3/t13-,15?/m0/s1. The van der Waals surface area contributed by atoms with Crippen LogP contribution < -0.4 is 5.32 Å². The zero-order valence-electron chi connectivity index (χ0n) is 12.7. The maximum atomic E-state index is 9.88. The molecule has 0 fully saturated rings. The SMILES string of the molecule is Cc1cccc([C@H](C)NCC(O)COC(C)(C)C)c1. The van der Waals surface area contributed by atoms with E-state index in [1.54, 1.807) is 0 Å². The predicted molar refractivity (Wildman–Crippen MR) is 79.3 cm³/mol. The summed E-state index contributed by atoms with van der Waals surface area (Å²) in [6, 6.07) is 8.63. The predicted octanol–water partition coefficient (Wildman–Crippen LogP) is 2.82. The van der Waals surface area contributed by atoms with Crippen LogP contribution in [0.5, 0.6) is 0 Å². The van der Waals surface area contributed by atoms with Crippen LogP contribution >= 0.6 is 0 Å². The summed E-state index contributed by atoms with van der Waals surface area (Å²) in [7, 11) is 0. The largest absolute Gasteiger partial charge is 0.389 e. The Labute approximate surface area is 117 Å². The third-order valence-corrected chi connectivity index (χ3v) is 2.91. The Morgan fingerprint density at radius 2 is 2.00 bits per heavy atom. The molecule has 1 rings (SSSR count). The Hall–Kier alpha value is -0.900. The first kappa shape index (κ1) is 16.2. The van der Waals surface area contributed by atoms with E-state index < -0.39 is 6.10 Å². The number of hydrogen-bond acceptors (Lipinski definition) is 3. The summed E-state index contributed by atoms with van der Waals surface area (Å²) < 4.78 is 5.56. The summed E-state index contributed by atoms with van der Waals surface area (Å²) in [5.41, 5.74) is 2.29. The number of nitrogens with one attached hydrogen (secondary N) is 1. The van der Waals surface area contributed by atoms with Crippen molar-refractivity contribution in [2.45, 2.75) is 52.4 Å². The molecule has 19 heavy (non-hydrogen) atoms. The Balaban J connectivity index is 2.36. The lowest BCUT2D eigenvalue weighted by atomic mass is 10.1. The van der Waals surface area contributed by atoms with E-state index in [2.05, 4.69) is 43.4 Å². The number of rotatable bonds is 6. The highest BCUT2D eigenvalue weighted by molar-refractivity contribution is 5.24. The van der Waals surface area contributed by atoms with Gasteiger partial charge in [-0.2, -0.15) is 0 Å². The van der Waals surface area contributed by atoms with Gasteiger partial charge in [0.15, 0.2) is 0 Å². The van der Waals surface area contributed by atoms with E-state index in [0.29, 0.717) is 13.2 Å². The molecule has 2 atom stereocenters. The molecule has 0 spiro atoms. The molecule has 0 amide bonds. The Bertz CT molecular complexity index is 385. The molecule has 0 aliphatic heterocycles. The minimum absolute atomic E-state index is 0.205. The average Bonchev–Trinajstić information content (AvgIpc) is 2.32. The van der Waals surface area contributed by atoms with Gasteiger partial charge in [0.2, 0.25) is 0 Å². The maximum absolute atomic E-state index is 9.88. The van der Waals surface area contributed by atoms with Crippen LogP contribution in [0.1, 0.15) is 44.9 Å². The minimum Gasteiger partial charge on any atom is -0.389 e. The molecule has 1 aromatic carbocycles. The topological polar surface area (TPSA) is 41.5 Å². The third kappa shape index (κ3) is 6.71. The number of ether oxygens (including phenoxy) is 1. The first-order valence-electron chi connectivity index (χ1n) is 6.90. The summed E-state index contributed by atoms with van der Waals surface area (Å²) >= 11 is 0. The van der Waals surface area contributed by atoms with Gasteiger partial charge in [0.05, 0.1) is 18.3 Å². The van der Waals surface area contributed by atoms with Gasteiger partial charge < -0.3 is 15.2 Å². The zero-order chi connectivity index (χ0) is 14.5. The molecule has 3 nitrogen and oxygen atoms in total. The molecule has 0 bridgehead atoms. The number of aliphatic hydroxyl groups is 1. The van der Waals surface area contributed by atoms with Gasteiger partial charge in [-0.15, -0.1) is 0 Å². The van der Waals surface area contributed by atoms with Gasteiger partial charge in [0, 0.05) is 12.6 Å². The molecule has 0 aromatic heterocycles. The van der Waals surface area contributed by atoms with Gasteiger partial charge >= 0.3 is 0 Å². The van der Waals surface area contributed by atoms with Crippen molar-refractivity contribution >= 4 is 0 Å². The summed E-state index contributed by atoms with van der Waals surface area (Å²) in [5, 5.41) is 13.2. The number of aryl methyl sites for hydroxylation is 1. The Morgan fingerprint density at radius 1 is 1.32 bits per heavy atom. The molecule has 0 radical (unpaired) electrons. The van der Waals surface area contributed by atoms with Crippen LogP contribution in [0.3, 0.4) is 0 Å². The van der Waals surface area contributed by atoms with Gasteiger partial charge in [-0.05, 0) is 40.2 Å². The van der Waals surface area contributed by atoms with Gasteiger partial charge in [-0.1, -0.05) is 29.8 Å². The van der Waals surface area contributed by atoms with E-state index in [1.807, 2.05) is 20.8 Å². The smallest absolute Gasteiger partial charge is 0.0898 e. The lowest BCUT2D eigenvalue weighted by Gasteiger charge is -2.23. The second-order valence-corrected chi connectivity index (χ2v) is 6.12. The fourth-order valence-corrected chi connectivity index (χ4v) is 1.78. The molecule has 0 saturated carbocycles. The average molecular weight is 265 g/mol. The van der Waals surface area contributed by atoms with Crippen LogP contribution in [0.25, 0.3) is 0 Å². The molecule has 0 heterocycles. The van der Waals surface area contributed by atoms with Crippen LogP contribution in [-0.2, 0) is 4.74 Å². The first-order valence-corrected chi connectivity index (χ1v) is 6.90. The number of hydrogen-bond donors (Lipinski definition) is 2. The van der Waals surface area contributed by atoms with Gasteiger partial charge in [-0.25, -0.2) is 0 Å². The zero-order valence-corrected chi connectivity index (χ0v) is 12.7. The molecule has 2 N–H and O–H groups in total.